The highest BCUT2D eigenvalue weighted by molar-refractivity contribution is 7.99. The minimum Gasteiger partial charge on any atom is -0.340 e. The zero-order valence-electron chi connectivity index (χ0n) is 15.8. The molecule has 1 N–H and O–H groups in total. The van der Waals surface area contributed by atoms with Gasteiger partial charge < -0.3 is 10.2 Å². The SMILES string of the molecule is CCCN1c2ccccc2Sc2ccc(C(C)(C)C#N)cc21.CNC. The summed E-state index contributed by atoms with van der Waals surface area (Å²) in [6, 6.07) is 17.4. The molecule has 132 valence electrons. The Bertz CT molecular complexity index is 762. The van der Waals surface area contributed by atoms with Crippen LogP contribution in [0.25, 0.3) is 0 Å². The molecule has 0 atom stereocenters. The van der Waals surface area contributed by atoms with Gasteiger partial charge in [0.05, 0.1) is 22.9 Å². The first-order valence-electron chi connectivity index (χ1n) is 8.67. The highest BCUT2D eigenvalue weighted by atomic mass is 32.2. The minimum atomic E-state index is -0.464. The van der Waals surface area contributed by atoms with Crippen molar-refractivity contribution in [3.63, 3.8) is 0 Å². The summed E-state index contributed by atoms with van der Waals surface area (Å²) >= 11 is 1.81. The molecular formula is C21H27N3S. The van der Waals surface area contributed by atoms with E-state index in [-0.39, 0.29) is 0 Å². The van der Waals surface area contributed by atoms with Crippen LogP contribution in [0.2, 0.25) is 0 Å². The summed E-state index contributed by atoms with van der Waals surface area (Å²) in [6.45, 7) is 7.14. The molecule has 3 nitrogen and oxygen atoms in total. The molecule has 0 saturated heterocycles. The lowest BCUT2D eigenvalue weighted by molar-refractivity contribution is 0.685. The van der Waals surface area contributed by atoms with Crippen LogP contribution in [0.3, 0.4) is 0 Å². The molecule has 0 aromatic heterocycles. The largest absolute Gasteiger partial charge is 0.340 e. The Balaban J connectivity index is 0.000000701. The van der Waals surface area contributed by atoms with Crippen molar-refractivity contribution >= 4 is 23.1 Å². The minimum absolute atomic E-state index is 0.464. The fraction of sp³-hybridized carbons (Fsp3) is 0.381. The first kappa shape index (κ1) is 19.4. The molecule has 3 rings (SSSR count). The quantitative estimate of drug-likeness (QED) is 0.809. The standard InChI is InChI=1S/C19H20N2S.C2H7N/c1-4-11-21-15-7-5-6-8-17(15)22-18-10-9-14(12-16(18)21)19(2,3)13-20;1-3-2/h5-10,12H,4,11H2,1-3H3;3H,1-2H3. The number of benzene rings is 2. The predicted octanol–water partition coefficient (Wildman–Crippen LogP) is 5.34. The Morgan fingerprint density at radius 2 is 1.72 bits per heavy atom. The van der Waals surface area contributed by atoms with E-state index in [4.69, 9.17) is 0 Å². The molecule has 0 unspecified atom stereocenters. The van der Waals surface area contributed by atoms with Crippen LogP contribution in [0.1, 0.15) is 32.8 Å². The van der Waals surface area contributed by atoms with Crippen molar-refractivity contribution in [1.29, 1.82) is 5.26 Å². The van der Waals surface area contributed by atoms with Gasteiger partial charge in [0.15, 0.2) is 0 Å². The fourth-order valence-corrected chi connectivity index (χ4v) is 3.82. The van der Waals surface area contributed by atoms with E-state index in [1.165, 1.54) is 21.2 Å². The third-order valence-electron chi connectivity index (χ3n) is 4.07. The van der Waals surface area contributed by atoms with Gasteiger partial charge in [-0.05, 0) is 64.2 Å². The zero-order valence-corrected chi connectivity index (χ0v) is 16.6. The van der Waals surface area contributed by atoms with Crippen molar-refractivity contribution in [3.8, 4) is 6.07 Å². The molecule has 0 bridgehead atoms. The van der Waals surface area contributed by atoms with E-state index < -0.39 is 5.41 Å². The average molecular weight is 354 g/mol. The smallest absolute Gasteiger partial charge is 0.0767 e. The van der Waals surface area contributed by atoms with Crippen LogP contribution in [-0.2, 0) is 5.41 Å². The highest BCUT2D eigenvalue weighted by Gasteiger charge is 2.26. The van der Waals surface area contributed by atoms with Gasteiger partial charge in [-0.1, -0.05) is 36.9 Å². The third kappa shape index (κ3) is 4.18. The lowest BCUT2D eigenvalue weighted by Gasteiger charge is -2.33. The summed E-state index contributed by atoms with van der Waals surface area (Å²) < 4.78 is 0. The molecule has 1 heterocycles. The lowest BCUT2D eigenvalue weighted by Crippen LogP contribution is -2.23. The summed E-state index contributed by atoms with van der Waals surface area (Å²) in [7, 11) is 3.75. The molecule has 2 aromatic rings. The van der Waals surface area contributed by atoms with Gasteiger partial charge in [-0.3, -0.25) is 0 Å². The molecule has 0 radical (unpaired) electrons. The first-order valence-corrected chi connectivity index (χ1v) is 9.48. The van der Waals surface area contributed by atoms with E-state index in [2.05, 4.69) is 65.7 Å². The van der Waals surface area contributed by atoms with Crippen molar-refractivity contribution < 1.29 is 0 Å². The first-order chi connectivity index (χ1) is 12.0. The van der Waals surface area contributed by atoms with Crippen molar-refractivity contribution in [2.45, 2.75) is 42.4 Å². The molecule has 1 aliphatic heterocycles. The highest BCUT2D eigenvalue weighted by Crippen LogP contribution is 2.48. The average Bonchev–Trinajstić information content (AvgIpc) is 2.62. The van der Waals surface area contributed by atoms with Gasteiger partial charge in [-0.2, -0.15) is 5.26 Å². The Morgan fingerprint density at radius 1 is 1.08 bits per heavy atom. The second-order valence-electron chi connectivity index (χ2n) is 6.64. The number of hydrogen-bond acceptors (Lipinski definition) is 4. The summed E-state index contributed by atoms with van der Waals surface area (Å²) in [5.41, 5.74) is 3.11. The second kappa shape index (κ2) is 8.42. The molecule has 0 saturated carbocycles. The van der Waals surface area contributed by atoms with E-state index in [1.807, 2.05) is 39.7 Å². The number of rotatable bonds is 3. The molecule has 4 heteroatoms. The number of fused-ring (bicyclic) bond motifs is 2. The van der Waals surface area contributed by atoms with E-state index in [9.17, 15) is 5.26 Å². The number of para-hydroxylation sites is 1. The topological polar surface area (TPSA) is 39.1 Å². The van der Waals surface area contributed by atoms with Crippen LogP contribution in [0.4, 0.5) is 11.4 Å². The van der Waals surface area contributed by atoms with Gasteiger partial charge >= 0.3 is 0 Å². The van der Waals surface area contributed by atoms with Gasteiger partial charge in [-0.15, -0.1) is 0 Å². The fourth-order valence-electron chi connectivity index (χ4n) is 2.75. The van der Waals surface area contributed by atoms with Crippen molar-refractivity contribution in [2.75, 3.05) is 25.5 Å². The number of hydrogen-bond donors (Lipinski definition) is 1. The summed E-state index contributed by atoms with van der Waals surface area (Å²) in [5.74, 6) is 0. The number of nitriles is 1. The molecule has 2 aromatic carbocycles. The maximum absolute atomic E-state index is 9.41. The lowest BCUT2D eigenvalue weighted by atomic mass is 9.86. The third-order valence-corrected chi connectivity index (χ3v) is 5.20. The summed E-state index contributed by atoms with van der Waals surface area (Å²) in [6.07, 6.45) is 1.09. The molecule has 0 fully saturated rings. The number of nitrogens with one attached hydrogen (secondary N) is 1. The summed E-state index contributed by atoms with van der Waals surface area (Å²) in [5, 5.41) is 12.2. The van der Waals surface area contributed by atoms with E-state index in [1.54, 1.807) is 0 Å². The van der Waals surface area contributed by atoms with Crippen LogP contribution in [0.5, 0.6) is 0 Å². The number of nitrogens with zero attached hydrogens (tertiary/aromatic N) is 2. The molecule has 1 aliphatic rings. The summed E-state index contributed by atoms with van der Waals surface area (Å²) in [4.78, 5) is 4.96. The maximum atomic E-state index is 9.41. The van der Waals surface area contributed by atoms with Crippen LogP contribution < -0.4 is 10.2 Å². The van der Waals surface area contributed by atoms with E-state index in [0.29, 0.717) is 0 Å². The maximum Gasteiger partial charge on any atom is 0.0767 e. The van der Waals surface area contributed by atoms with Gasteiger partial charge in [0.1, 0.15) is 0 Å². The van der Waals surface area contributed by atoms with Crippen LogP contribution in [0, 0.1) is 11.3 Å². The van der Waals surface area contributed by atoms with E-state index in [0.717, 1.165) is 18.5 Å². The van der Waals surface area contributed by atoms with Crippen LogP contribution in [-0.4, -0.2) is 20.6 Å². The van der Waals surface area contributed by atoms with Crippen LogP contribution >= 0.6 is 11.8 Å². The Hall–Kier alpha value is -1.96. The van der Waals surface area contributed by atoms with Gasteiger partial charge in [0.2, 0.25) is 0 Å². The Kier molecular flexibility index (Phi) is 6.52. The zero-order chi connectivity index (χ0) is 18.4. The van der Waals surface area contributed by atoms with Crippen LogP contribution in [0.15, 0.2) is 52.3 Å². The molecule has 25 heavy (non-hydrogen) atoms. The Morgan fingerprint density at radius 3 is 2.36 bits per heavy atom. The van der Waals surface area contributed by atoms with Crippen molar-refractivity contribution in [2.24, 2.45) is 0 Å². The van der Waals surface area contributed by atoms with Crippen molar-refractivity contribution in [1.82, 2.24) is 5.32 Å². The van der Waals surface area contributed by atoms with Gasteiger partial charge in [0.25, 0.3) is 0 Å². The van der Waals surface area contributed by atoms with Gasteiger partial charge in [0, 0.05) is 16.3 Å². The van der Waals surface area contributed by atoms with Gasteiger partial charge in [-0.25, -0.2) is 0 Å². The molecule has 0 aliphatic carbocycles. The molecule has 0 spiro atoms. The van der Waals surface area contributed by atoms with E-state index >= 15 is 0 Å². The predicted molar refractivity (Wildman–Crippen MR) is 108 cm³/mol. The molecular weight excluding hydrogens is 326 g/mol. The Labute approximate surface area is 156 Å². The molecule has 0 amide bonds. The normalized spacial score (nSPS) is 12.4. The second-order valence-corrected chi connectivity index (χ2v) is 7.72. The van der Waals surface area contributed by atoms with Crippen molar-refractivity contribution in [3.05, 3.63) is 48.0 Å². The monoisotopic (exact) mass is 353 g/mol. The number of anilines is 2.